The minimum Gasteiger partial charge on any atom is -0.497 e. The molecule has 2 aromatic carbocycles. The molecule has 29 heavy (non-hydrogen) atoms. The molecule has 0 saturated heterocycles. The summed E-state index contributed by atoms with van der Waals surface area (Å²) in [4.78, 5) is 16.3. The number of ether oxygens (including phenoxy) is 3. The highest BCUT2D eigenvalue weighted by Crippen LogP contribution is 2.32. The molecule has 0 bridgehead atoms. The molecule has 9 nitrogen and oxygen atoms in total. The molecule has 0 spiro atoms. The molecular weight excluding hydrogens is 376 g/mol. The zero-order chi connectivity index (χ0) is 20.2. The number of nitrogens with zero attached hydrogens (tertiary/aromatic N) is 3. The number of methoxy groups -OCH3 is 1. The Morgan fingerprint density at radius 3 is 2.83 bits per heavy atom. The van der Waals surface area contributed by atoms with E-state index in [1.165, 1.54) is 11.0 Å². The maximum atomic E-state index is 12.3. The number of fused-ring (bicyclic) bond motifs is 1. The van der Waals surface area contributed by atoms with Crippen molar-refractivity contribution in [2.24, 2.45) is 0 Å². The van der Waals surface area contributed by atoms with Crippen LogP contribution in [0.3, 0.4) is 0 Å². The summed E-state index contributed by atoms with van der Waals surface area (Å²) in [6.45, 7) is 0.683. The SMILES string of the molecule is COc1ccc(C(O)Cn2cnc(C(=O)NCc3ccc4c(c3)OCO4)n2)cc1. The van der Waals surface area contributed by atoms with Gasteiger partial charge < -0.3 is 24.6 Å². The van der Waals surface area contributed by atoms with E-state index in [1.807, 2.05) is 12.1 Å². The standard InChI is InChI=1S/C20H20N4O5/c1-27-15-5-3-14(4-6-15)16(25)10-24-11-22-19(23-24)20(26)21-9-13-2-7-17-18(8-13)29-12-28-17/h2-8,11,16,25H,9-10,12H2,1H3,(H,21,26). The van der Waals surface area contributed by atoms with Gasteiger partial charge in [0.25, 0.3) is 5.91 Å². The van der Waals surface area contributed by atoms with Gasteiger partial charge in [-0.3, -0.25) is 4.79 Å². The van der Waals surface area contributed by atoms with Crippen LogP contribution in [0.25, 0.3) is 0 Å². The van der Waals surface area contributed by atoms with Gasteiger partial charge in [-0.2, -0.15) is 0 Å². The Bertz CT molecular complexity index is 1000. The molecule has 4 rings (SSSR count). The lowest BCUT2D eigenvalue weighted by Gasteiger charge is -2.11. The fraction of sp³-hybridized carbons (Fsp3) is 0.250. The largest absolute Gasteiger partial charge is 0.497 e. The minimum atomic E-state index is -0.785. The van der Waals surface area contributed by atoms with Crippen LogP contribution in [-0.2, 0) is 13.1 Å². The zero-order valence-electron chi connectivity index (χ0n) is 15.7. The smallest absolute Gasteiger partial charge is 0.291 e. The Hall–Kier alpha value is -3.59. The average Bonchev–Trinajstić information content (AvgIpc) is 3.41. The fourth-order valence-electron chi connectivity index (χ4n) is 2.91. The summed E-state index contributed by atoms with van der Waals surface area (Å²) in [6.07, 6.45) is 0.634. The number of rotatable bonds is 7. The van der Waals surface area contributed by atoms with E-state index in [2.05, 4.69) is 15.4 Å². The van der Waals surface area contributed by atoms with Crippen LogP contribution in [0.15, 0.2) is 48.8 Å². The molecule has 1 atom stereocenters. The third-order valence-corrected chi connectivity index (χ3v) is 4.49. The van der Waals surface area contributed by atoms with Crippen LogP contribution < -0.4 is 19.5 Å². The average molecular weight is 396 g/mol. The summed E-state index contributed by atoms with van der Waals surface area (Å²) in [5, 5.41) is 17.3. The highest BCUT2D eigenvalue weighted by Gasteiger charge is 2.16. The first kappa shape index (κ1) is 18.8. The van der Waals surface area contributed by atoms with E-state index < -0.39 is 12.0 Å². The highest BCUT2D eigenvalue weighted by atomic mass is 16.7. The van der Waals surface area contributed by atoms with E-state index >= 15 is 0 Å². The summed E-state index contributed by atoms with van der Waals surface area (Å²) >= 11 is 0. The van der Waals surface area contributed by atoms with Crippen molar-refractivity contribution in [1.82, 2.24) is 20.1 Å². The molecule has 2 N–H and O–H groups in total. The summed E-state index contributed by atoms with van der Waals surface area (Å²) in [7, 11) is 1.58. The molecule has 9 heteroatoms. The lowest BCUT2D eigenvalue weighted by atomic mass is 10.1. The van der Waals surface area contributed by atoms with E-state index in [0.29, 0.717) is 23.8 Å². The zero-order valence-corrected chi connectivity index (χ0v) is 15.7. The van der Waals surface area contributed by atoms with Crippen molar-refractivity contribution in [2.45, 2.75) is 19.2 Å². The van der Waals surface area contributed by atoms with E-state index in [-0.39, 0.29) is 19.2 Å². The summed E-state index contributed by atoms with van der Waals surface area (Å²) in [5.41, 5.74) is 1.59. The molecule has 1 aromatic heterocycles. The number of hydrogen-bond acceptors (Lipinski definition) is 7. The van der Waals surface area contributed by atoms with Crippen molar-refractivity contribution in [3.8, 4) is 17.2 Å². The molecule has 3 aromatic rings. The Kier molecular flexibility index (Phi) is 5.30. The van der Waals surface area contributed by atoms with E-state index in [4.69, 9.17) is 14.2 Å². The predicted molar refractivity (Wildman–Crippen MR) is 102 cm³/mol. The van der Waals surface area contributed by atoms with Crippen molar-refractivity contribution < 1.29 is 24.1 Å². The van der Waals surface area contributed by atoms with Crippen molar-refractivity contribution >= 4 is 5.91 Å². The topological polar surface area (TPSA) is 108 Å². The van der Waals surface area contributed by atoms with Crippen LogP contribution >= 0.6 is 0 Å². The van der Waals surface area contributed by atoms with Gasteiger partial charge in [-0.15, -0.1) is 5.10 Å². The second-order valence-corrected chi connectivity index (χ2v) is 6.45. The monoisotopic (exact) mass is 396 g/mol. The number of benzene rings is 2. The summed E-state index contributed by atoms with van der Waals surface area (Å²) in [5.74, 6) is 1.69. The van der Waals surface area contributed by atoms with Crippen LogP contribution in [0.4, 0.5) is 0 Å². The van der Waals surface area contributed by atoms with Gasteiger partial charge in [-0.05, 0) is 35.4 Å². The van der Waals surface area contributed by atoms with Crippen molar-refractivity contribution in [1.29, 1.82) is 0 Å². The van der Waals surface area contributed by atoms with E-state index in [1.54, 1.807) is 37.4 Å². The van der Waals surface area contributed by atoms with Gasteiger partial charge in [0.15, 0.2) is 11.5 Å². The van der Waals surface area contributed by atoms with Gasteiger partial charge in [-0.25, -0.2) is 9.67 Å². The normalized spacial score (nSPS) is 13.2. The van der Waals surface area contributed by atoms with E-state index in [0.717, 1.165) is 11.1 Å². The first-order chi connectivity index (χ1) is 14.1. The lowest BCUT2D eigenvalue weighted by molar-refractivity contribution is 0.0938. The maximum Gasteiger partial charge on any atom is 0.291 e. The molecule has 2 heterocycles. The molecule has 150 valence electrons. The van der Waals surface area contributed by atoms with Gasteiger partial charge in [0.1, 0.15) is 12.1 Å². The molecular formula is C20H20N4O5. The summed E-state index contributed by atoms with van der Waals surface area (Å²) < 4.78 is 17.1. The quantitative estimate of drug-likeness (QED) is 0.626. The molecule has 0 fully saturated rings. The van der Waals surface area contributed by atoms with Gasteiger partial charge in [-0.1, -0.05) is 18.2 Å². The molecule has 0 radical (unpaired) electrons. The molecule has 1 amide bonds. The first-order valence-electron chi connectivity index (χ1n) is 9.00. The number of nitrogens with one attached hydrogen (secondary N) is 1. The highest BCUT2D eigenvalue weighted by molar-refractivity contribution is 5.90. The van der Waals surface area contributed by atoms with Crippen molar-refractivity contribution in [3.05, 3.63) is 65.7 Å². The number of aromatic nitrogens is 3. The molecule has 1 unspecified atom stereocenters. The number of carbonyl (C=O) groups excluding carboxylic acids is 1. The third kappa shape index (κ3) is 4.30. The molecule has 0 aliphatic carbocycles. The molecule has 0 saturated carbocycles. The first-order valence-corrected chi connectivity index (χ1v) is 9.00. The van der Waals surface area contributed by atoms with Gasteiger partial charge in [0.05, 0.1) is 19.8 Å². The lowest BCUT2D eigenvalue weighted by Crippen LogP contribution is -2.24. The predicted octanol–water partition coefficient (Wildman–Crippen LogP) is 1.68. The van der Waals surface area contributed by atoms with Crippen LogP contribution in [0.5, 0.6) is 17.2 Å². The van der Waals surface area contributed by atoms with Crippen LogP contribution in [0.1, 0.15) is 27.8 Å². The number of amides is 1. The van der Waals surface area contributed by atoms with Crippen LogP contribution in [0, 0.1) is 0 Å². The second-order valence-electron chi connectivity index (χ2n) is 6.45. The maximum absolute atomic E-state index is 12.3. The third-order valence-electron chi connectivity index (χ3n) is 4.49. The Morgan fingerprint density at radius 2 is 2.03 bits per heavy atom. The Balaban J connectivity index is 1.33. The number of carbonyl (C=O) groups is 1. The van der Waals surface area contributed by atoms with Crippen LogP contribution in [-0.4, -0.2) is 39.7 Å². The second kappa shape index (κ2) is 8.19. The number of aliphatic hydroxyl groups excluding tert-OH is 1. The van der Waals surface area contributed by atoms with Gasteiger partial charge in [0.2, 0.25) is 12.6 Å². The molecule has 1 aliphatic heterocycles. The van der Waals surface area contributed by atoms with E-state index in [9.17, 15) is 9.90 Å². The molecule has 1 aliphatic rings. The van der Waals surface area contributed by atoms with Crippen molar-refractivity contribution in [2.75, 3.05) is 13.9 Å². The van der Waals surface area contributed by atoms with Crippen LogP contribution in [0.2, 0.25) is 0 Å². The van der Waals surface area contributed by atoms with Gasteiger partial charge >= 0.3 is 0 Å². The number of hydrogen-bond donors (Lipinski definition) is 2. The minimum absolute atomic E-state index is 0.0349. The van der Waals surface area contributed by atoms with Gasteiger partial charge in [0, 0.05) is 6.54 Å². The van der Waals surface area contributed by atoms with Crippen molar-refractivity contribution in [3.63, 3.8) is 0 Å². The number of aliphatic hydroxyl groups is 1. The Labute approximate surface area is 166 Å². The summed E-state index contributed by atoms with van der Waals surface area (Å²) in [6, 6.07) is 12.6. The fourth-order valence-corrected chi connectivity index (χ4v) is 2.91. The Morgan fingerprint density at radius 1 is 1.24 bits per heavy atom.